The second kappa shape index (κ2) is 4.53. The van der Waals surface area contributed by atoms with Gasteiger partial charge in [0.05, 0.1) is 17.7 Å². The molecule has 0 aliphatic carbocycles. The van der Waals surface area contributed by atoms with Crippen LogP contribution >= 0.6 is 23.2 Å². The van der Waals surface area contributed by atoms with Gasteiger partial charge in [0, 0.05) is 12.1 Å². The quantitative estimate of drug-likeness (QED) is 0.629. The summed E-state index contributed by atoms with van der Waals surface area (Å²) in [4.78, 5) is 3.85. The molecule has 1 aromatic carbocycles. The molecule has 0 aliphatic rings. The third kappa shape index (κ3) is 2.11. The van der Waals surface area contributed by atoms with Gasteiger partial charge in [0.25, 0.3) is 0 Å². The van der Waals surface area contributed by atoms with Gasteiger partial charge in [0.1, 0.15) is 11.6 Å². The molecule has 1 aromatic rings. The summed E-state index contributed by atoms with van der Waals surface area (Å²) in [5.41, 5.74) is 6.27. The average Bonchev–Trinajstić information content (AvgIpc) is 2.15. The summed E-state index contributed by atoms with van der Waals surface area (Å²) >= 11 is 11.7. The molecule has 5 heteroatoms. The molecule has 1 rings (SSSR count). The van der Waals surface area contributed by atoms with Gasteiger partial charge in [-0.2, -0.15) is 0 Å². The minimum Gasteiger partial charge on any atom is -0.494 e. The number of halogens is 2. The van der Waals surface area contributed by atoms with E-state index in [-0.39, 0.29) is 0 Å². The number of benzene rings is 1. The first kappa shape index (κ1) is 11.1. The molecular weight excluding hydrogens is 223 g/mol. The number of ether oxygens (including phenoxy) is 1. The SMILES string of the molecule is CN=C(N)c1cc(Cl)cc(Cl)c1OC. The summed E-state index contributed by atoms with van der Waals surface area (Å²) in [5, 5.41) is 0.916. The largest absolute Gasteiger partial charge is 0.494 e. The van der Waals surface area contributed by atoms with Crippen molar-refractivity contribution >= 4 is 29.0 Å². The van der Waals surface area contributed by atoms with Gasteiger partial charge in [-0.1, -0.05) is 23.2 Å². The van der Waals surface area contributed by atoms with Gasteiger partial charge in [-0.25, -0.2) is 0 Å². The number of aliphatic imine (C=N–C) groups is 1. The molecule has 76 valence electrons. The van der Waals surface area contributed by atoms with Crippen molar-refractivity contribution in [3.63, 3.8) is 0 Å². The highest BCUT2D eigenvalue weighted by atomic mass is 35.5. The third-order valence-electron chi connectivity index (χ3n) is 1.73. The van der Waals surface area contributed by atoms with E-state index in [2.05, 4.69) is 4.99 Å². The standard InChI is InChI=1S/C9H10Cl2N2O/c1-13-9(12)6-3-5(10)4-7(11)8(6)14-2/h3-4H,1-2H3,(H2,12,13). The predicted molar refractivity (Wildman–Crippen MR) is 59.7 cm³/mol. The first-order valence-electron chi connectivity index (χ1n) is 3.85. The maximum Gasteiger partial charge on any atom is 0.148 e. The van der Waals surface area contributed by atoms with Gasteiger partial charge < -0.3 is 10.5 Å². The maximum absolute atomic E-state index is 5.92. The van der Waals surface area contributed by atoms with Crippen molar-refractivity contribution in [1.29, 1.82) is 0 Å². The van der Waals surface area contributed by atoms with E-state index in [0.29, 0.717) is 27.2 Å². The number of methoxy groups -OCH3 is 1. The Kier molecular flexibility index (Phi) is 3.61. The van der Waals surface area contributed by atoms with Crippen molar-refractivity contribution in [2.45, 2.75) is 0 Å². The smallest absolute Gasteiger partial charge is 0.148 e. The van der Waals surface area contributed by atoms with E-state index in [0.717, 1.165) is 0 Å². The predicted octanol–water partition coefficient (Wildman–Crippen LogP) is 2.34. The second-order valence-corrected chi connectivity index (χ2v) is 3.42. The minimum absolute atomic E-state index is 0.339. The van der Waals surface area contributed by atoms with Crippen molar-refractivity contribution in [2.24, 2.45) is 10.7 Å². The number of hydrogen-bond donors (Lipinski definition) is 1. The lowest BCUT2D eigenvalue weighted by atomic mass is 10.2. The van der Waals surface area contributed by atoms with E-state index < -0.39 is 0 Å². The Balaban J connectivity index is 3.39. The number of nitrogens with two attached hydrogens (primary N) is 1. The second-order valence-electron chi connectivity index (χ2n) is 2.58. The summed E-state index contributed by atoms with van der Waals surface area (Å²) in [5.74, 6) is 0.824. The topological polar surface area (TPSA) is 47.6 Å². The average molecular weight is 233 g/mol. The van der Waals surface area contributed by atoms with Crippen molar-refractivity contribution in [2.75, 3.05) is 14.2 Å². The number of hydrogen-bond acceptors (Lipinski definition) is 2. The molecule has 0 bridgehead atoms. The lowest BCUT2D eigenvalue weighted by molar-refractivity contribution is 0.414. The van der Waals surface area contributed by atoms with E-state index in [9.17, 15) is 0 Å². The van der Waals surface area contributed by atoms with E-state index in [1.807, 2.05) is 0 Å². The van der Waals surface area contributed by atoms with Crippen LogP contribution in [-0.2, 0) is 0 Å². The van der Waals surface area contributed by atoms with Gasteiger partial charge in [0.15, 0.2) is 0 Å². The molecule has 0 heterocycles. The van der Waals surface area contributed by atoms with Gasteiger partial charge in [-0.05, 0) is 12.1 Å². The molecule has 0 atom stereocenters. The van der Waals surface area contributed by atoms with Crippen molar-refractivity contribution in [3.8, 4) is 5.75 Å². The number of nitrogens with zero attached hydrogens (tertiary/aromatic N) is 1. The van der Waals surface area contributed by atoms with Gasteiger partial charge >= 0.3 is 0 Å². The zero-order valence-electron chi connectivity index (χ0n) is 7.84. The Bertz CT molecular complexity index is 377. The Morgan fingerprint density at radius 3 is 2.57 bits per heavy atom. The fourth-order valence-electron chi connectivity index (χ4n) is 1.08. The van der Waals surface area contributed by atoms with Crippen LogP contribution in [0.4, 0.5) is 0 Å². The number of amidine groups is 1. The van der Waals surface area contributed by atoms with Crippen molar-refractivity contribution < 1.29 is 4.74 Å². The molecule has 0 saturated heterocycles. The summed E-state index contributed by atoms with van der Waals surface area (Å²) in [6, 6.07) is 3.25. The molecule has 3 nitrogen and oxygen atoms in total. The maximum atomic E-state index is 5.92. The molecule has 0 spiro atoms. The molecule has 14 heavy (non-hydrogen) atoms. The highest BCUT2D eigenvalue weighted by molar-refractivity contribution is 6.36. The molecule has 0 aromatic heterocycles. The Labute approximate surface area is 92.5 Å². The molecule has 0 radical (unpaired) electrons. The van der Waals surface area contributed by atoms with Crippen LogP contribution in [0.1, 0.15) is 5.56 Å². The van der Waals surface area contributed by atoms with Gasteiger partial charge in [0.2, 0.25) is 0 Å². The van der Waals surface area contributed by atoms with E-state index >= 15 is 0 Å². The van der Waals surface area contributed by atoms with Crippen LogP contribution in [-0.4, -0.2) is 20.0 Å². The molecular formula is C9H10Cl2N2O. The van der Waals surface area contributed by atoms with Crippen LogP contribution in [0.15, 0.2) is 17.1 Å². The lowest BCUT2D eigenvalue weighted by Gasteiger charge is -2.09. The monoisotopic (exact) mass is 232 g/mol. The third-order valence-corrected chi connectivity index (χ3v) is 2.23. The molecule has 2 N–H and O–H groups in total. The van der Waals surface area contributed by atoms with Crippen LogP contribution in [0.25, 0.3) is 0 Å². The van der Waals surface area contributed by atoms with Crippen LogP contribution < -0.4 is 10.5 Å². The summed E-state index contributed by atoms with van der Waals surface area (Å²) in [7, 11) is 3.10. The fourth-order valence-corrected chi connectivity index (χ4v) is 1.65. The number of rotatable bonds is 2. The normalized spacial score (nSPS) is 11.6. The highest BCUT2D eigenvalue weighted by Crippen LogP contribution is 2.31. The van der Waals surface area contributed by atoms with E-state index in [1.54, 1.807) is 19.2 Å². The van der Waals surface area contributed by atoms with Crippen LogP contribution in [0.5, 0.6) is 5.75 Å². The first-order chi connectivity index (χ1) is 6.60. The van der Waals surface area contributed by atoms with Gasteiger partial charge in [-0.15, -0.1) is 0 Å². The Morgan fingerprint density at radius 2 is 2.07 bits per heavy atom. The molecule has 0 saturated carbocycles. The van der Waals surface area contributed by atoms with Crippen LogP contribution in [0.3, 0.4) is 0 Å². The van der Waals surface area contributed by atoms with Gasteiger partial charge in [-0.3, -0.25) is 4.99 Å². The zero-order valence-corrected chi connectivity index (χ0v) is 9.36. The van der Waals surface area contributed by atoms with Crippen LogP contribution in [0.2, 0.25) is 10.0 Å². The zero-order chi connectivity index (χ0) is 10.7. The first-order valence-corrected chi connectivity index (χ1v) is 4.61. The lowest BCUT2D eigenvalue weighted by Crippen LogP contribution is -2.14. The minimum atomic E-state index is 0.339. The van der Waals surface area contributed by atoms with E-state index in [4.69, 9.17) is 33.7 Å². The van der Waals surface area contributed by atoms with Crippen molar-refractivity contribution in [3.05, 3.63) is 27.7 Å². The molecule has 0 aliphatic heterocycles. The summed E-state index contributed by atoms with van der Waals surface area (Å²) < 4.78 is 5.10. The molecule has 0 unspecified atom stereocenters. The highest BCUT2D eigenvalue weighted by Gasteiger charge is 2.12. The van der Waals surface area contributed by atoms with Crippen LogP contribution in [0, 0.1) is 0 Å². The summed E-state index contributed by atoms with van der Waals surface area (Å²) in [6.45, 7) is 0. The molecule has 0 fully saturated rings. The summed E-state index contributed by atoms with van der Waals surface area (Å²) in [6.07, 6.45) is 0. The van der Waals surface area contributed by atoms with E-state index in [1.165, 1.54) is 7.11 Å². The fraction of sp³-hybridized carbons (Fsp3) is 0.222. The Hall–Kier alpha value is -0.930. The molecule has 0 amide bonds. The van der Waals surface area contributed by atoms with Crippen molar-refractivity contribution in [1.82, 2.24) is 0 Å². The Morgan fingerprint density at radius 1 is 1.43 bits per heavy atom.